The second-order valence-corrected chi connectivity index (χ2v) is 4.25. The Kier molecular flexibility index (Phi) is 9.73. The Hall–Kier alpha value is -0.860. The van der Waals surface area contributed by atoms with Gasteiger partial charge >= 0.3 is 0 Å². The molecule has 0 radical (unpaired) electrons. The van der Waals surface area contributed by atoms with Crippen LogP contribution in [0.3, 0.4) is 0 Å². The molecule has 0 atom stereocenters. The molecule has 14 heavy (non-hydrogen) atoms. The summed E-state index contributed by atoms with van der Waals surface area (Å²) >= 11 is 0. The van der Waals surface area contributed by atoms with Gasteiger partial charge in [0.25, 0.3) is 5.97 Å². The predicted octanol–water partition coefficient (Wildman–Crippen LogP) is 2.74. The SMILES string of the molecule is CC(=O)O.CC(C)CC(=O)CC(C)C. The van der Waals surface area contributed by atoms with E-state index in [1.54, 1.807) is 0 Å². The third-order valence-corrected chi connectivity index (χ3v) is 1.27. The lowest BCUT2D eigenvalue weighted by Gasteiger charge is -2.05. The van der Waals surface area contributed by atoms with Gasteiger partial charge in [0.2, 0.25) is 0 Å². The van der Waals surface area contributed by atoms with Gasteiger partial charge in [-0.25, -0.2) is 0 Å². The lowest BCUT2D eigenvalue weighted by atomic mass is 10.00. The predicted molar refractivity (Wildman–Crippen MR) is 57.2 cm³/mol. The molecule has 0 aromatic carbocycles. The van der Waals surface area contributed by atoms with Crippen molar-refractivity contribution in [3.05, 3.63) is 0 Å². The van der Waals surface area contributed by atoms with E-state index < -0.39 is 5.97 Å². The third-order valence-electron chi connectivity index (χ3n) is 1.27. The number of hydrogen-bond donors (Lipinski definition) is 1. The summed E-state index contributed by atoms with van der Waals surface area (Å²) in [6.45, 7) is 9.41. The normalized spacial score (nSPS) is 9.64. The molecule has 0 saturated heterocycles. The zero-order valence-electron chi connectivity index (χ0n) is 9.83. The number of carboxylic acids is 1. The first kappa shape index (κ1) is 15.6. The van der Waals surface area contributed by atoms with E-state index in [2.05, 4.69) is 27.7 Å². The smallest absolute Gasteiger partial charge is 0.300 e. The summed E-state index contributed by atoms with van der Waals surface area (Å²) in [4.78, 5) is 20.1. The molecule has 0 saturated carbocycles. The van der Waals surface area contributed by atoms with Gasteiger partial charge in [0.15, 0.2) is 0 Å². The van der Waals surface area contributed by atoms with E-state index in [4.69, 9.17) is 9.90 Å². The zero-order chi connectivity index (χ0) is 11.7. The molecular formula is C11H22O3. The highest BCUT2D eigenvalue weighted by Gasteiger charge is 2.06. The fraction of sp³-hybridized carbons (Fsp3) is 0.818. The molecule has 84 valence electrons. The molecule has 0 amide bonds. The first-order valence-corrected chi connectivity index (χ1v) is 4.96. The number of rotatable bonds is 4. The van der Waals surface area contributed by atoms with Crippen LogP contribution in [0, 0.1) is 11.8 Å². The Morgan fingerprint density at radius 3 is 1.36 bits per heavy atom. The van der Waals surface area contributed by atoms with Crippen LogP contribution >= 0.6 is 0 Å². The topological polar surface area (TPSA) is 54.4 Å². The van der Waals surface area contributed by atoms with E-state index in [1.165, 1.54) is 0 Å². The second kappa shape index (κ2) is 8.73. The number of Topliss-reactive ketones (excluding diaryl/α,β-unsaturated/α-hetero) is 1. The van der Waals surface area contributed by atoms with Crippen molar-refractivity contribution in [1.82, 2.24) is 0 Å². The Bertz CT molecular complexity index is 155. The van der Waals surface area contributed by atoms with Crippen LogP contribution in [0.4, 0.5) is 0 Å². The van der Waals surface area contributed by atoms with E-state index in [-0.39, 0.29) is 0 Å². The van der Waals surface area contributed by atoms with Gasteiger partial charge in [-0.15, -0.1) is 0 Å². The molecule has 0 spiro atoms. The highest BCUT2D eigenvalue weighted by molar-refractivity contribution is 5.78. The van der Waals surface area contributed by atoms with Crippen molar-refractivity contribution in [1.29, 1.82) is 0 Å². The van der Waals surface area contributed by atoms with E-state index in [0.29, 0.717) is 17.6 Å². The maximum absolute atomic E-state index is 11.1. The van der Waals surface area contributed by atoms with Crippen molar-refractivity contribution in [3.63, 3.8) is 0 Å². The van der Waals surface area contributed by atoms with Gasteiger partial charge < -0.3 is 5.11 Å². The van der Waals surface area contributed by atoms with Crippen LogP contribution in [-0.4, -0.2) is 16.9 Å². The minimum atomic E-state index is -0.833. The highest BCUT2D eigenvalue weighted by atomic mass is 16.4. The highest BCUT2D eigenvalue weighted by Crippen LogP contribution is 2.07. The van der Waals surface area contributed by atoms with Gasteiger partial charge in [-0.1, -0.05) is 27.7 Å². The summed E-state index contributed by atoms with van der Waals surface area (Å²) in [7, 11) is 0. The zero-order valence-corrected chi connectivity index (χ0v) is 9.83. The first-order valence-electron chi connectivity index (χ1n) is 4.96. The first-order chi connectivity index (χ1) is 6.25. The molecule has 0 bridgehead atoms. The van der Waals surface area contributed by atoms with Crippen LogP contribution < -0.4 is 0 Å². The fourth-order valence-corrected chi connectivity index (χ4v) is 0.994. The van der Waals surface area contributed by atoms with Crippen molar-refractivity contribution >= 4 is 11.8 Å². The van der Waals surface area contributed by atoms with Crippen LogP contribution in [0.2, 0.25) is 0 Å². The number of ketones is 1. The average molecular weight is 202 g/mol. The maximum Gasteiger partial charge on any atom is 0.300 e. The van der Waals surface area contributed by atoms with Crippen LogP contribution in [-0.2, 0) is 9.59 Å². The monoisotopic (exact) mass is 202 g/mol. The largest absolute Gasteiger partial charge is 0.481 e. The molecular weight excluding hydrogens is 180 g/mol. The van der Waals surface area contributed by atoms with E-state index >= 15 is 0 Å². The van der Waals surface area contributed by atoms with Crippen molar-refractivity contribution in [3.8, 4) is 0 Å². The minimum Gasteiger partial charge on any atom is -0.481 e. The van der Waals surface area contributed by atoms with E-state index in [1.807, 2.05) is 0 Å². The Morgan fingerprint density at radius 2 is 1.21 bits per heavy atom. The van der Waals surface area contributed by atoms with Gasteiger partial charge in [0, 0.05) is 19.8 Å². The van der Waals surface area contributed by atoms with Crippen LogP contribution in [0.5, 0.6) is 0 Å². The second-order valence-electron chi connectivity index (χ2n) is 4.25. The van der Waals surface area contributed by atoms with Crippen molar-refractivity contribution in [2.45, 2.75) is 47.5 Å². The minimum absolute atomic E-state index is 0.407. The summed E-state index contributed by atoms with van der Waals surface area (Å²) in [6, 6.07) is 0. The van der Waals surface area contributed by atoms with E-state index in [0.717, 1.165) is 19.8 Å². The molecule has 1 N–H and O–H groups in total. The quantitative estimate of drug-likeness (QED) is 0.762. The van der Waals surface area contributed by atoms with Gasteiger partial charge in [-0.05, 0) is 11.8 Å². The fourth-order valence-electron chi connectivity index (χ4n) is 0.994. The molecule has 0 aromatic heterocycles. The maximum atomic E-state index is 11.1. The van der Waals surface area contributed by atoms with E-state index in [9.17, 15) is 4.79 Å². The molecule has 0 aliphatic rings. The summed E-state index contributed by atoms with van der Waals surface area (Å²) < 4.78 is 0. The summed E-state index contributed by atoms with van der Waals surface area (Å²) in [5.74, 6) is 0.613. The number of carbonyl (C=O) groups excluding carboxylic acids is 1. The number of carboxylic acid groups (broad SMARTS) is 1. The van der Waals surface area contributed by atoms with Crippen molar-refractivity contribution in [2.75, 3.05) is 0 Å². The Labute approximate surface area is 86.5 Å². The third kappa shape index (κ3) is 22.5. The molecule has 0 fully saturated rings. The number of hydrogen-bond acceptors (Lipinski definition) is 2. The lowest BCUT2D eigenvalue weighted by molar-refractivity contribution is -0.134. The van der Waals surface area contributed by atoms with Crippen LogP contribution in [0.25, 0.3) is 0 Å². The standard InChI is InChI=1S/C9H18O.C2H4O2/c1-7(2)5-9(10)6-8(3)4;1-2(3)4/h7-8H,5-6H2,1-4H3;1H3,(H,3,4). The number of carbonyl (C=O) groups is 2. The van der Waals surface area contributed by atoms with Gasteiger partial charge in [-0.2, -0.15) is 0 Å². The van der Waals surface area contributed by atoms with Crippen LogP contribution in [0.1, 0.15) is 47.5 Å². The molecule has 0 aliphatic heterocycles. The lowest BCUT2D eigenvalue weighted by Crippen LogP contribution is -2.05. The van der Waals surface area contributed by atoms with Gasteiger partial charge in [-0.3, -0.25) is 9.59 Å². The Morgan fingerprint density at radius 1 is 1.00 bits per heavy atom. The van der Waals surface area contributed by atoms with Crippen LogP contribution in [0.15, 0.2) is 0 Å². The molecule has 0 unspecified atom stereocenters. The molecule has 0 aromatic rings. The molecule has 0 aliphatic carbocycles. The number of aliphatic carboxylic acids is 1. The average Bonchev–Trinajstić information content (AvgIpc) is 1.79. The molecule has 0 heterocycles. The van der Waals surface area contributed by atoms with Gasteiger partial charge in [0.1, 0.15) is 5.78 Å². The van der Waals surface area contributed by atoms with Crippen molar-refractivity contribution in [2.24, 2.45) is 11.8 Å². The summed E-state index contributed by atoms with van der Waals surface area (Å²) in [6.07, 6.45) is 1.50. The molecule has 3 heteroatoms. The molecule has 0 rings (SSSR count). The summed E-state index contributed by atoms with van der Waals surface area (Å²) in [5.41, 5.74) is 0. The summed E-state index contributed by atoms with van der Waals surface area (Å²) in [5, 5.41) is 7.42. The molecule has 3 nitrogen and oxygen atoms in total. The Balaban J connectivity index is 0. The van der Waals surface area contributed by atoms with Crippen molar-refractivity contribution < 1.29 is 14.7 Å². The van der Waals surface area contributed by atoms with Gasteiger partial charge in [0.05, 0.1) is 0 Å².